The second-order valence-electron chi connectivity index (χ2n) is 5.05. The van der Waals surface area contributed by atoms with Crippen LogP contribution in [0.1, 0.15) is 25.8 Å². The summed E-state index contributed by atoms with van der Waals surface area (Å²) in [5.41, 5.74) is 1.21. The van der Waals surface area contributed by atoms with Crippen LogP contribution in [-0.4, -0.2) is 28.2 Å². The second kappa shape index (κ2) is 5.90. The Bertz CT molecular complexity index is 600. The summed E-state index contributed by atoms with van der Waals surface area (Å²) in [5.74, 6) is -0.783. The summed E-state index contributed by atoms with van der Waals surface area (Å²) in [5, 5.41) is 14.0. The van der Waals surface area contributed by atoms with E-state index in [1.807, 2.05) is 6.92 Å². The molecule has 1 N–H and O–H groups in total. The molecule has 2 rings (SSSR count). The highest BCUT2D eigenvalue weighted by molar-refractivity contribution is 6.03. The van der Waals surface area contributed by atoms with Crippen molar-refractivity contribution in [1.82, 2.24) is 4.90 Å². The van der Waals surface area contributed by atoms with Crippen LogP contribution in [0.25, 0.3) is 0 Å². The van der Waals surface area contributed by atoms with Gasteiger partial charge in [0.05, 0.1) is 11.5 Å². The molecule has 7 nitrogen and oxygen atoms in total. The monoisotopic (exact) mass is 291 g/mol. The molecule has 0 aliphatic carbocycles. The van der Waals surface area contributed by atoms with Gasteiger partial charge in [0, 0.05) is 42.3 Å². The molecule has 21 heavy (non-hydrogen) atoms. The number of anilines is 1. The molecule has 7 heteroatoms. The molecule has 0 bridgehead atoms. The molecule has 0 aromatic heterocycles. The van der Waals surface area contributed by atoms with E-state index in [4.69, 9.17) is 0 Å². The minimum absolute atomic E-state index is 0.0567. The van der Waals surface area contributed by atoms with Gasteiger partial charge in [0.2, 0.25) is 11.8 Å². The van der Waals surface area contributed by atoms with Gasteiger partial charge in [-0.3, -0.25) is 24.6 Å². The number of nitrogens with zero attached hydrogens (tertiary/aromatic N) is 2. The van der Waals surface area contributed by atoms with Crippen LogP contribution >= 0.6 is 0 Å². The first kappa shape index (κ1) is 15.0. The first-order valence-electron chi connectivity index (χ1n) is 6.79. The van der Waals surface area contributed by atoms with Crippen molar-refractivity contribution in [3.63, 3.8) is 0 Å². The zero-order chi connectivity index (χ0) is 15.6. The lowest BCUT2D eigenvalue weighted by molar-refractivity contribution is -0.384. The molecule has 0 radical (unpaired) electrons. The average molecular weight is 291 g/mol. The van der Waals surface area contributed by atoms with Gasteiger partial charge in [-0.05, 0) is 13.0 Å². The highest BCUT2D eigenvalue weighted by Gasteiger charge is 2.35. The Morgan fingerprint density at radius 1 is 1.43 bits per heavy atom. The lowest BCUT2D eigenvalue weighted by Gasteiger charge is -2.17. The molecule has 1 unspecified atom stereocenters. The summed E-state index contributed by atoms with van der Waals surface area (Å²) in [6.07, 6.45) is 0.199. The fraction of sp³-hybridized carbons (Fsp3) is 0.429. The van der Waals surface area contributed by atoms with E-state index in [-0.39, 0.29) is 36.4 Å². The summed E-state index contributed by atoms with van der Waals surface area (Å²) in [6.45, 7) is 4.31. The van der Waals surface area contributed by atoms with Gasteiger partial charge in [0.15, 0.2) is 0 Å². The van der Waals surface area contributed by atoms with E-state index < -0.39 is 4.92 Å². The van der Waals surface area contributed by atoms with Crippen LogP contribution in [0.3, 0.4) is 0 Å². The number of nitro benzene ring substituents is 1. The number of benzene rings is 1. The van der Waals surface area contributed by atoms with Crippen molar-refractivity contribution in [3.8, 4) is 0 Å². The molecule has 0 saturated carbocycles. The predicted molar refractivity (Wildman–Crippen MR) is 76.6 cm³/mol. The van der Waals surface area contributed by atoms with Crippen molar-refractivity contribution < 1.29 is 14.5 Å². The van der Waals surface area contributed by atoms with Crippen molar-refractivity contribution in [2.24, 2.45) is 5.92 Å². The van der Waals surface area contributed by atoms with Gasteiger partial charge in [0.25, 0.3) is 5.69 Å². The first-order chi connectivity index (χ1) is 9.93. The Morgan fingerprint density at radius 3 is 2.67 bits per heavy atom. The number of imide groups is 1. The van der Waals surface area contributed by atoms with Crippen molar-refractivity contribution in [3.05, 3.63) is 33.9 Å². The maximum absolute atomic E-state index is 12.0. The Hall–Kier alpha value is -2.44. The van der Waals surface area contributed by atoms with E-state index in [0.717, 1.165) is 0 Å². The Morgan fingerprint density at radius 2 is 2.14 bits per heavy atom. The molecule has 1 aromatic carbocycles. The molecular weight excluding hydrogens is 274 g/mol. The smallest absolute Gasteiger partial charge is 0.269 e. The number of hydrogen-bond donors (Lipinski definition) is 1. The van der Waals surface area contributed by atoms with Crippen LogP contribution in [0.5, 0.6) is 0 Å². The molecule has 0 spiro atoms. The molecule has 1 saturated heterocycles. The van der Waals surface area contributed by atoms with Crippen LogP contribution in [0.15, 0.2) is 18.2 Å². The quantitative estimate of drug-likeness (QED) is 0.508. The predicted octanol–water partition coefficient (Wildman–Crippen LogP) is 1.92. The summed E-state index contributed by atoms with van der Waals surface area (Å²) in [7, 11) is 0. The first-order valence-corrected chi connectivity index (χ1v) is 6.79. The summed E-state index contributed by atoms with van der Waals surface area (Å²) in [4.78, 5) is 35.4. The number of hydrogen-bond acceptors (Lipinski definition) is 5. The fourth-order valence-corrected chi connectivity index (χ4v) is 2.37. The van der Waals surface area contributed by atoms with E-state index in [9.17, 15) is 19.7 Å². The molecule has 112 valence electrons. The van der Waals surface area contributed by atoms with E-state index in [2.05, 4.69) is 5.32 Å². The SMILES string of the molecule is CCNc1ccc([N+](=O)[O-])cc1CN1C(=O)CC(C)C1=O. The number of likely N-dealkylation sites (tertiary alicyclic amines) is 1. The molecule has 1 aliphatic heterocycles. The Kier molecular flexibility index (Phi) is 4.21. The lowest BCUT2D eigenvalue weighted by atomic mass is 10.1. The maximum atomic E-state index is 12.0. The largest absolute Gasteiger partial charge is 0.385 e. The van der Waals surface area contributed by atoms with Crippen LogP contribution in [0.2, 0.25) is 0 Å². The zero-order valence-corrected chi connectivity index (χ0v) is 12.0. The highest BCUT2D eigenvalue weighted by atomic mass is 16.6. The number of non-ortho nitro benzene ring substituents is 1. The minimum atomic E-state index is -0.491. The van der Waals surface area contributed by atoms with Gasteiger partial charge in [-0.25, -0.2) is 0 Å². The van der Waals surface area contributed by atoms with Gasteiger partial charge in [-0.2, -0.15) is 0 Å². The number of amides is 2. The zero-order valence-electron chi connectivity index (χ0n) is 12.0. The summed E-state index contributed by atoms with van der Waals surface area (Å²) >= 11 is 0. The van der Waals surface area contributed by atoms with Crippen molar-refractivity contribution in [1.29, 1.82) is 0 Å². The second-order valence-corrected chi connectivity index (χ2v) is 5.05. The van der Waals surface area contributed by atoms with Gasteiger partial charge in [-0.1, -0.05) is 6.92 Å². The number of nitro groups is 1. The average Bonchev–Trinajstić information content (AvgIpc) is 2.67. The summed E-state index contributed by atoms with van der Waals surface area (Å²) in [6, 6.07) is 4.41. The van der Waals surface area contributed by atoms with E-state index >= 15 is 0 Å². The topological polar surface area (TPSA) is 92.6 Å². The number of nitrogens with one attached hydrogen (secondary N) is 1. The minimum Gasteiger partial charge on any atom is -0.385 e. The molecule has 2 amide bonds. The van der Waals surface area contributed by atoms with Crippen LogP contribution in [0.4, 0.5) is 11.4 Å². The molecule has 1 aromatic rings. The maximum Gasteiger partial charge on any atom is 0.269 e. The third-order valence-corrected chi connectivity index (χ3v) is 3.46. The van der Waals surface area contributed by atoms with Crippen molar-refractivity contribution in [2.75, 3.05) is 11.9 Å². The normalized spacial score (nSPS) is 18.2. The Balaban J connectivity index is 2.32. The van der Waals surface area contributed by atoms with Gasteiger partial charge in [0.1, 0.15) is 0 Å². The van der Waals surface area contributed by atoms with Crippen LogP contribution in [-0.2, 0) is 16.1 Å². The van der Waals surface area contributed by atoms with Gasteiger partial charge < -0.3 is 5.32 Å². The number of carbonyl (C=O) groups excluding carboxylic acids is 2. The molecule has 1 aliphatic rings. The molecular formula is C14H17N3O4. The van der Waals surface area contributed by atoms with Gasteiger partial charge in [-0.15, -0.1) is 0 Å². The Labute approximate surface area is 122 Å². The van der Waals surface area contributed by atoms with E-state index in [1.54, 1.807) is 13.0 Å². The third-order valence-electron chi connectivity index (χ3n) is 3.46. The van der Waals surface area contributed by atoms with Crippen LogP contribution < -0.4 is 5.32 Å². The van der Waals surface area contributed by atoms with Crippen molar-refractivity contribution in [2.45, 2.75) is 26.8 Å². The van der Waals surface area contributed by atoms with Gasteiger partial charge >= 0.3 is 0 Å². The standard InChI is InChI=1S/C14H17N3O4/c1-3-15-12-5-4-11(17(20)21)7-10(12)8-16-13(18)6-9(2)14(16)19/h4-5,7,9,15H,3,6,8H2,1-2H3. The molecule has 1 fully saturated rings. The highest BCUT2D eigenvalue weighted by Crippen LogP contribution is 2.27. The lowest BCUT2D eigenvalue weighted by Crippen LogP contribution is -2.30. The third kappa shape index (κ3) is 3.01. The number of carbonyl (C=O) groups is 2. The summed E-state index contributed by atoms with van der Waals surface area (Å²) < 4.78 is 0. The van der Waals surface area contributed by atoms with E-state index in [1.165, 1.54) is 17.0 Å². The fourth-order valence-electron chi connectivity index (χ4n) is 2.37. The molecule has 1 heterocycles. The molecule has 1 atom stereocenters. The van der Waals surface area contributed by atoms with Crippen molar-refractivity contribution >= 4 is 23.2 Å². The van der Waals surface area contributed by atoms with E-state index in [0.29, 0.717) is 17.8 Å². The number of rotatable bonds is 5. The van der Waals surface area contributed by atoms with Crippen LogP contribution in [0, 0.1) is 16.0 Å².